The van der Waals surface area contributed by atoms with Crippen LogP contribution in [0.15, 0.2) is 83.9 Å². The van der Waals surface area contributed by atoms with Crippen LogP contribution in [0, 0.1) is 0 Å². The van der Waals surface area contributed by atoms with Gasteiger partial charge in [-0.3, -0.25) is 39.2 Å². The van der Waals surface area contributed by atoms with Gasteiger partial charge >= 0.3 is 0 Å². The molecule has 2 aliphatic rings. The topological polar surface area (TPSA) is 173 Å². The fourth-order valence-corrected chi connectivity index (χ4v) is 6.34. The first-order valence-electron chi connectivity index (χ1n) is 16.7. The van der Waals surface area contributed by atoms with Crippen molar-refractivity contribution in [2.45, 2.75) is 44.7 Å². The Labute approximate surface area is 300 Å². The summed E-state index contributed by atoms with van der Waals surface area (Å²) in [6, 6.07) is 14.6. The molecule has 5 amide bonds. The molecule has 2 N–H and O–H groups in total. The first kappa shape index (κ1) is 35.0. The number of rotatable bonds is 12. The van der Waals surface area contributed by atoms with E-state index in [2.05, 4.69) is 30.6 Å². The van der Waals surface area contributed by atoms with Crippen molar-refractivity contribution in [2.75, 3.05) is 18.9 Å². The Balaban J connectivity index is 0.931. The van der Waals surface area contributed by atoms with E-state index in [0.717, 1.165) is 28.7 Å². The number of nitrogens with one attached hydrogen (secondary N) is 2. The number of amides is 5. The third-order valence-electron chi connectivity index (χ3n) is 9.02. The number of benzene rings is 2. The molecular formula is C37H32F2N8O6. The Kier molecular flexibility index (Phi) is 9.69. The van der Waals surface area contributed by atoms with Crippen molar-refractivity contribution in [1.82, 2.24) is 34.9 Å². The maximum Gasteiger partial charge on any atom is 0.284 e. The Morgan fingerprint density at radius 1 is 1.02 bits per heavy atom. The van der Waals surface area contributed by atoms with E-state index in [1.54, 1.807) is 54.9 Å². The molecule has 53 heavy (non-hydrogen) atoms. The highest BCUT2D eigenvalue weighted by atomic mass is 19.3. The van der Waals surface area contributed by atoms with Gasteiger partial charge in [0.05, 0.1) is 28.7 Å². The van der Waals surface area contributed by atoms with Crippen LogP contribution in [-0.4, -0.2) is 78.7 Å². The second-order valence-corrected chi connectivity index (χ2v) is 12.7. The number of aromatic nitrogens is 4. The first-order valence-corrected chi connectivity index (χ1v) is 16.7. The summed E-state index contributed by atoms with van der Waals surface area (Å²) >= 11 is 0. The average molecular weight is 723 g/mol. The minimum Gasteiger partial charge on any atom is -0.444 e. The largest absolute Gasteiger partial charge is 0.444 e. The highest BCUT2D eigenvalue weighted by Gasteiger charge is 2.44. The van der Waals surface area contributed by atoms with Crippen molar-refractivity contribution in [3.8, 4) is 17.1 Å². The summed E-state index contributed by atoms with van der Waals surface area (Å²) in [7, 11) is 1.96. The van der Waals surface area contributed by atoms with E-state index in [9.17, 15) is 32.8 Å². The second-order valence-electron chi connectivity index (χ2n) is 12.7. The number of carbonyl (C=O) groups is 5. The summed E-state index contributed by atoms with van der Waals surface area (Å²) in [6.45, 7) is 1.31. The maximum absolute atomic E-state index is 13.9. The quantitative estimate of drug-likeness (QED) is 0.174. The number of imide groups is 2. The predicted octanol–water partition coefficient (Wildman–Crippen LogP) is 4.58. The van der Waals surface area contributed by atoms with Crippen LogP contribution in [-0.2, 0) is 22.6 Å². The molecule has 0 spiro atoms. The highest BCUT2D eigenvalue weighted by molar-refractivity contribution is 6.23. The smallest absolute Gasteiger partial charge is 0.284 e. The number of alkyl halides is 2. The van der Waals surface area contributed by atoms with Crippen molar-refractivity contribution in [3.05, 3.63) is 113 Å². The lowest BCUT2D eigenvalue weighted by molar-refractivity contribution is -0.136. The van der Waals surface area contributed by atoms with E-state index in [4.69, 9.17) is 4.42 Å². The van der Waals surface area contributed by atoms with Crippen molar-refractivity contribution in [3.63, 3.8) is 0 Å². The molecule has 0 saturated carbocycles. The first-order chi connectivity index (χ1) is 25.5. The van der Waals surface area contributed by atoms with E-state index in [0.29, 0.717) is 30.8 Å². The monoisotopic (exact) mass is 722 g/mol. The Hall–Kier alpha value is -6.42. The molecule has 1 saturated heterocycles. The van der Waals surface area contributed by atoms with E-state index in [1.807, 2.05) is 19.2 Å². The van der Waals surface area contributed by atoms with Crippen molar-refractivity contribution >= 4 is 35.2 Å². The van der Waals surface area contributed by atoms with Gasteiger partial charge in [0.25, 0.3) is 24.1 Å². The van der Waals surface area contributed by atoms with Gasteiger partial charge in [-0.05, 0) is 80.4 Å². The number of carbonyl (C=O) groups excluding carboxylic acids is 5. The molecule has 5 aromatic rings. The van der Waals surface area contributed by atoms with Crippen LogP contribution in [0.5, 0.6) is 0 Å². The minimum atomic E-state index is -2.95. The lowest BCUT2D eigenvalue weighted by atomic mass is 10.0. The van der Waals surface area contributed by atoms with Crippen LogP contribution in [0.1, 0.15) is 73.7 Å². The van der Waals surface area contributed by atoms with Crippen molar-refractivity contribution < 1.29 is 37.2 Å². The summed E-state index contributed by atoms with van der Waals surface area (Å²) in [5.41, 5.74) is 2.62. The van der Waals surface area contributed by atoms with E-state index >= 15 is 0 Å². The van der Waals surface area contributed by atoms with E-state index < -0.39 is 47.7 Å². The van der Waals surface area contributed by atoms with E-state index in [1.165, 1.54) is 10.9 Å². The number of pyridine rings is 1. The lowest BCUT2D eigenvalue weighted by Gasteiger charge is -2.27. The van der Waals surface area contributed by atoms with Crippen LogP contribution < -0.4 is 10.6 Å². The fourth-order valence-electron chi connectivity index (χ4n) is 6.34. The minimum absolute atomic E-state index is 0.0584. The predicted molar refractivity (Wildman–Crippen MR) is 184 cm³/mol. The van der Waals surface area contributed by atoms with Crippen LogP contribution in [0.2, 0.25) is 0 Å². The number of fused-ring (bicyclic) bond motifs is 1. The summed E-state index contributed by atoms with van der Waals surface area (Å²) in [5, 5.41) is 8.68. The molecule has 0 aliphatic carbocycles. The summed E-state index contributed by atoms with van der Waals surface area (Å²) < 4.78 is 34.5. The zero-order valence-electron chi connectivity index (χ0n) is 28.3. The zero-order chi connectivity index (χ0) is 37.2. The van der Waals surface area contributed by atoms with E-state index in [-0.39, 0.29) is 41.2 Å². The molecular weight excluding hydrogens is 690 g/mol. The van der Waals surface area contributed by atoms with Gasteiger partial charge < -0.3 is 14.6 Å². The van der Waals surface area contributed by atoms with Gasteiger partial charge in [0.15, 0.2) is 11.4 Å². The molecule has 5 heterocycles. The van der Waals surface area contributed by atoms with Gasteiger partial charge in [-0.25, -0.2) is 18.4 Å². The summed E-state index contributed by atoms with van der Waals surface area (Å²) in [5.74, 6) is -2.69. The standard InChI is InChI=1S/C37H32F2N8O6/c1-45(16-2-3-21-6-9-25-26(17-21)37(52)47(36(25)51)29-10-11-30(48)43-34(29)50)18-22-4-7-24(8-5-22)46-19-27(31(44-46)32(38)39)41-33(49)28-20-53-35(42-28)23-12-14-40-15-13-23/h4-9,12-15,17,19-20,29,32H,2-3,10-11,16,18H2,1H3,(H,41,49)(H,43,48,50). The van der Waals surface area contributed by atoms with Crippen LogP contribution in [0.3, 0.4) is 0 Å². The van der Waals surface area contributed by atoms with Gasteiger partial charge in [-0.15, -0.1) is 0 Å². The van der Waals surface area contributed by atoms with Gasteiger partial charge in [0, 0.05) is 30.9 Å². The number of halogens is 2. The third-order valence-corrected chi connectivity index (χ3v) is 9.02. The van der Waals surface area contributed by atoms with Gasteiger partial charge in [0.2, 0.25) is 17.7 Å². The number of hydrogen-bond acceptors (Lipinski definition) is 10. The molecule has 14 nitrogen and oxygen atoms in total. The van der Waals surface area contributed by atoms with Crippen LogP contribution >= 0.6 is 0 Å². The van der Waals surface area contributed by atoms with Crippen LogP contribution in [0.4, 0.5) is 14.5 Å². The Bertz CT molecular complexity index is 2220. The third kappa shape index (κ3) is 7.34. The number of hydrogen-bond donors (Lipinski definition) is 2. The number of piperidine rings is 1. The molecule has 1 fully saturated rings. The fraction of sp³-hybridized carbons (Fsp3) is 0.243. The second kappa shape index (κ2) is 14.7. The molecule has 0 radical (unpaired) electrons. The molecule has 0 bridgehead atoms. The van der Waals surface area contributed by atoms with Crippen molar-refractivity contribution in [1.29, 1.82) is 0 Å². The lowest BCUT2D eigenvalue weighted by Crippen LogP contribution is -2.54. The molecule has 1 unspecified atom stereocenters. The van der Waals surface area contributed by atoms with Gasteiger partial charge in [-0.2, -0.15) is 5.10 Å². The molecule has 2 aliphatic heterocycles. The molecule has 7 rings (SSSR count). The van der Waals surface area contributed by atoms with Gasteiger partial charge in [-0.1, -0.05) is 18.2 Å². The molecule has 16 heteroatoms. The molecule has 2 aromatic carbocycles. The average Bonchev–Trinajstić information content (AvgIpc) is 3.87. The normalized spacial score (nSPS) is 15.7. The van der Waals surface area contributed by atoms with Gasteiger partial charge in [0.1, 0.15) is 12.3 Å². The highest BCUT2D eigenvalue weighted by Crippen LogP contribution is 2.30. The maximum atomic E-state index is 13.9. The number of anilines is 1. The molecule has 3 aromatic heterocycles. The SMILES string of the molecule is CN(CCCc1ccc2c(c1)C(=O)N(C1CCC(=O)NC1=O)C2=O)Cc1ccc(-n2cc(NC(=O)c3coc(-c4ccncc4)n3)c(C(F)F)n2)cc1. The Morgan fingerprint density at radius 3 is 2.49 bits per heavy atom. The van der Waals surface area contributed by atoms with Crippen LogP contribution in [0.25, 0.3) is 17.1 Å². The van der Waals surface area contributed by atoms with Crippen molar-refractivity contribution in [2.24, 2.45) is 0 Å². The number of aryl methyl sites for hydroxylation is 1. The number of oxazole rings is 1. The Morgan fingerprint density at radius 2 is 1.75 bits per heavy atom. The summed E-state index contributed by atoms with van der Waals surface area (Å²) in [4.78, 5) is 74.0. The zero-order valence-corrected chi connectivity index (χ0v) is 28.3. The molecule has 1 atom stereocenters. The molecule has 270 valence electrons. The number of nitrogens with zero attached hydrogens (tertiary/aromatic N) is 6. The summed E-state index contributed by atoms with van der Waals surface area (Å²) in [6.07, 6.45) is 4.17.